The topological polar surface area (TPSA) is 58.6 Å². The van der Waals surface area contributed by atoms with Crippen molar-refractivity contribution in [2.24, 2.45) is 5.92 Å². The van der Waals surface area contributed by atoms with Crippen LogP contribution in [0.3, 0.4) is 0 Å². The Bertz CT molecular complexity index is 430. The molecular formula is C13H16BrNO3. The van der Waals surface area contributed by atoms with E-state index in [9.17, 15) is 4.79 Å². The molecule has 0 amide bonds. The summed E-state index contributed by atoms with van der Waals surface area (Å²) in [5, 5.41) is 12.4. The molecule has 18 heavy (non-hydrogen) atoms. The third-order valence-corrected chi connectivity index (χ3v) is 3.54. The number of halogens is 1. The van der Waals surface area contributed by atoms with Crippen LogP contribution in [0.4, 0.5) is 5.69 Å². The van der Waals surface area contributed by atoms with E-state index in [1.165, 1.54) is 0 Å². The maximum atomic E-state index is 11.1. The number of carboxylic acid groups (broad SMARTS) is 1. The summed E-state index contributed by atoms with van der Waals surface area (Å²) in [6.07, 6.45) is 2.21. The lowest BCUT2D eigenvalue weighted by Crippen LogP contribution is -2.24. The van der Waals surface area contributed by atoms with Gasteiger partial charge in [0, 0.05) is 23.3 Å². The summed E-state index contributed by atoms with van der Waals surface area (Å²) in [5.74, 6) is -0.456. The highest BCUT2D eigenvalue weighted by atomic mass is 79.9. The lowest BCUT2D eigenvalue weighted by molar-refractivity contribution is 0.0595. The predicted octanol–water partition coefficient (Wildman–Crippen LogP) is 2.99. The minimum absolute atomic E-state index is 0.293. The molecule has 0 radical (unpaired) electrons. The fourth-order valence-corrected chi connectivity index (χ4v) is 2.43. The quantitative estimate of drug-likeness (QED) is 0.897. The summed E-state index contributed by atoms with van der Waals surface area (Å²) in [7, 11) is 0. The molecule has 98 valence electrons. The molecule has 2 N–H and O–H groups in total. The van der Waals surface area contributed by atoms with Gasteiger partial charge in [-0.25, -0.2) is 4.79 Å². The standard InChI is InChI=1S/C13H16BrNO3/c14-10-3-4-12(11(6-10)13(16)17)15-7-9-2-1-5-18-8-9/h3-4,6,9,15H,1-2,5,7-8H2,(H,16,17). The van der Waals surface area contributed by atoms with Gasteiger partial charge in [0.25, 0.3) is 0 Å². The second kappa shape index (κ2) is 6.20. The molecule has 1 heterocycles. The number of anilines is 1. The van der Waals surface area contributed by atoms with Gasteiger partial charge in [-0.05, 0) is 37.0 Å². The summed E-state index contributed by atoms with van der Waals surface area (Å²) < 4.78 is 6.17. The van der Waals surface area contributed by atoms with Gasteiger partial charge in [0.05, 0.1) is 12.2 Å². The Kier molecular flexibility index (Phi) is 4.60. The highest BCUT2D eigenvalue weighted by Gasteiger charge is 2.15. The van der Waals surface area contributed by atoms with Gasteiger partial charge in [-0.1, -0.05) is 15.9 Å². The zero-order valence-corrected chi connectivity index (χ0v) is 11.6. The minimum Gasteiger partial charge on any atom is -0.478 e. The molecule has 0 saturated carbocycles. The molecule has 1 aliphatic heterocycles. The molecule has 1 aliphatic rings. The third kappa shape index (κ3) is 3.46. The van der Waals surface area contributed by atoms with Crippen molar-refractivity contribution >= 4 is 27.6 Å². The molecule has 1 aromatic rings. The number of hydrogen-bond acceptors (Lipinski definition) is 3. The second-order valence-corrected chi connectivity index (χ2v) is 5.37. The zero-order chi connectivity index (χ0) is 13.0. The lowest BCUT2D eigenvalue weighted by atomic mass is 10.0. The van der Waals surface area contributed by atoms with E-state index in [2.05, 4.69) is 21.2 Å². The molecule has 5 heteroatoms. The van der Waals surface area contributed by atoms with E-state index in [4.69, 9.17) is 9.84 Å². The van der Waals surface area contributed by atoms with Gasteiger partial charge >= 0.3 is 5.97 Å². The normalized spacial score (nSPS) is 19.5. The van der Waals surface area contributed by atoms with Crippen LogP contribution in [0.2, 0.25) is 0 Å². The van der Waals surface area contributed by atoms with Crippen LogP contribution in [0.15, 0.2) is 22.7 Å². The maximum absolute atomic E-state index is 11.1. The largest absolute Gasteiger partial charge is 0.478 e. The van der Waals surface area contributed by atoms with E-state index >= 15 is 0 Å². The molecule has 0 spiro atoms. The van der Waals surface area contributed by atoms with E-state index in [0.29, 0.717) is 17.2 Å². The van der Waals surface area contributed by atoms with E-state index in [1.54, 1.807) is 12.1 Å². The predicted molar refractivity (Wildman–Crippen MR) is 73.1 cm³/mol. The van der Waals surface area contributed by atoms with Crippen LogP contribution in [-0.4, -0.2) is 30.8 Å². The molecule has 2 rings (SSSR count). The van der Waals surface area contributed by atoms with Crippen molar-refractivity contribution in [2.45, 2.75) is 12.8 Å². The minimum atomic E-state index is -0.918. The van der Waals surface area contributed by atoms with Crippen molar-refractivity contribution in [1.82, 2.24) is 0 Å². The van der Waals surface area contributed by atoms with Gasteiger partial charge < -0.3 is 15.2 Å². The van der Waals surface area contributed by atoms with E-state index in [1.807, 2.05) is 6.07 Å². The first-order chi connectivity index (χ1) is 8.66. The Labute approximate surface area is 114 Å². The summed E-state index contributed by atoms with van der Waals surface area (Å²) in [6, 6.07) is 5.24. The molecule has 1 unspecified atom stereocenters. The van der Waals surface area contributed by atoms with Crippen molar-refractivity contribution in [2.75, 3.05) is 25.1 Å². The van der Waals surface area contributed by atoms with Crippen molar-refractivity contribution in [3.63, 3.8) is 0 Å². The van der Waals surface area contributed by atoms with Gasteiger partial charge in [-0.3, -0.25) is 0 Å². The average molecular weight is 314 g/mol. The molecule has 1 fully saturated rings. The number of carboxylic acids is 1. The number of nitrogens with one attached hydrogen (secondary N) is 1. The smallest absolute Gasteiger partial charge is 0.337 e. The first-order valence-electron chi connectivity index (χ1n) is 6.01. The third-order valence-electron chi connectivity index (χ3n) is 3.05. The fraction of sp³-hybridized carbons (Fsp3) is 0.462. The molecule has 1 saturated heterocycles. The van der Waals surface area contributed by atoms with E-state index in [-0.39, 0.29) is 0 Å². The summed E-state index contributed by atoms with van der Waals surface area (Å²) in [6.45, 7) is 2.35. The van der Waals surface area contributed by atoms with Gasteiger partial charge in [-0.2, -0.15) is 0 Å². The van der Waals surface area contributed by atoms with E-state index < -0.39 is 5.97 Å². The van der Waals surface area contributed by atoms with Crippen LogP contribution in [0.1, 0.15) is 23.2 Å². The number of carbonyl (C=O) groups is 1. The summed E-state index contributed by atoms with van der Waals surface area (Å²) >= 11 is 3.28. The number of benzene rings is 1. The number of hydrogen-bond donors (Lipinski definition) is 2. The SMILES string of the molecule is O=C(O)c1cc(Br)ccc1NCC1CCCOC1. The van der Waals surface area contributed by atoms with E-state index in [0.717, 1.165) is 37.1 Å². The summed E-state index contributed by atoms with van der Waals surface area (Å²) in [5.41, 5.74) is 0.956. The van der Waals surface area contributed by atoms with Gasteiger partial charge in [0.15, 0.2) is 0 Å². The first kappa shape index (κ1) is 13.4. The molecular weight excluding hydrogens is 298 g/mol. The number of aromatic carboxylic acids is 1. The Morgan fingerprint density at radius 3 is 3.06 bits per heavy atom. The Hall–Kier alpha value is -1.07. The monoisotopic (exact) mass is 313 g/mol. The molecule has 1 aromatic carbocycles. The lowest BCUT2D eigenvalue weighted by Gasteiger charge is -2.23. The van der Waals surface area contributed by atoms with Crippen molar-refractivity contribution in [1.29, 1.82) is 0 Å². The summed E-state index contributed by atoms with van der Waals surface area (Å²) in [4.78, 5) is 11.1. The first-order valence-corrected chi connectivity index (χ1v) is 6.80. The highest BCUT2D eigenvalue weighted by molar-refractivity contribution is 9.10. The van der Waals surface area contributed by atoms with Crippen LogP contribution in [0.25, 0.3) is 0 Å². The number of ether oxygens (including phenoxy) is 1. The molecule has 0 aliphatic carbocycles. The second-order valence-electron chi connectivity index (χ2n) is 4.46. The average Bonchev–Trinajstić information content (AvgIpc) is 2.38. The Morgan fingerprint density at radius 2 is 2.39 bits per heavy atom. The molecule has 0 bridgehead atoms. The Balaban J connectivity index is 2.01. The Morgan fingerprint density at radius 1 is 1.56 bits per heavy atom. The van der Waals surface area contributed by atoms with Crippen LogP contribution in [0.5, 0.6) is 0 Å². The maximum Gasteiger partial charge on any atom is 0.337 e. The fourth-order valence-electron chi connectivity index (χ4n) is 2.07. The van der Waals surface area contributed by atoms with Gasteiger partial charge in [-0.15, -0.1) is 0 Å². The molecule has 1 atom stereocenters. The van der Waals surface area contributed by atoms with Gasteiger partial charge in [0.1, 0.15) is 0 Å². The number of rotatable bonds is 4. The molecule has 0 aromatic heterocycles. The van der Waals surface area contributed by atoms with Crippen LogP contribution in [-0.2, 0) is 4.74 Å². The van der Waals surface area contributed by atoms with Crippen LogP contribution < -0.4 is 5.32 Å². The van der Waals surface area contributed by atoms with Crippen LogP contribution in [0, 0.1) is 5.92 Å². The van der Waals surface area contributed by atoms with Gasteiger partial charge in [0.2, 0.25) is 0 Å². The van der Waals surface area contributed by atoms with Crippen molar-refractivity contribution in [3.8, 4) is 0 Å². The van der Waals surface area contributed by atoms with Crippen molar-refractivity contribution < 1.29 is 14.6 Å². The highest BCUT2D eigenvalue weighted by Crippen LogP contribution is 2.22. The molecule has 4 nitrogen and oxygen atoms in total. The van der Waals surface area contributed by atoms with Crippen molar-refractivity contribution in [3.05, 3.63) is 28.2 Å². The zero-order valence-electron chi connectivity index (χ0n) is 9.99. The van der Waals surface area contributed by atoms with Crippen LogP contribution >= 0.6 is 15.9 Å².